The van der Waals surface area contributed by atoms with E-state index in [-0.39, 0.29) is 11.8 Å². The standard InChI is InChI=1S/C16H21N5O3/c22-15(18-7-5-14-19-16(23)24-20-14)13-4-2-8-21(11-13)10-12-3-1-6-17-9-12/h1,3,6,9,13H,2,4-5,7-8,10-11H2,(H,18,22)(H,19,20,23). The van der Waals surface area contributed by atoms with Crippen LogP contribution in [-0.4, -0.2) is 45.6 Å². The van der Waals surface area contributed by atoms with Crippen LogP contribution < -0.4 is 11.1 Å². The number of H-pyrrole nitrogens is 1. The lowest BCUT2D eigenvalue weighted by Crippen LogP contribution is -2.43. The van der Waals surface area contributed by atoms with Crippen molar-refractivity contribution >= 4 is 5.91 Å². The van der Waals surface area contributed by atoms with Crippen molar-refractivity contribution in [1.82, 2.24) is 25.3 Å². The lowest BCUT2D eigenvalue weighted by molar-refractivity contribution is -0.126. The predicted octanol–water partition coefficient (Wildman–Crippen LogP) is 0.329. The molecule has 1 fully saturated rings. The normalized spacial score (nSPS) is 18.4. The maximum Gasteiger partial charge on any atom is 0.438 e. The lowest BCUT2D eigenvalue weighted by atomic mass is 9.96. The van der Waals surface area contributed by atoms with Gasteiger partial charge in [0.1, 0.15) is 0 Å². The molecule has 8 heteroatoms. The summed E-state index contributed by atoms with van der Waals surface area (Å²) in [5.41, 5.74) is 1.16. The Kier molecular flexibility index (Phi) is 5.37. The van der Waals surface area contributed by atoms with Crippen LogP contribution in [0.15, 0.2) is 33.8 Å². The summed E-state index contributed by atoms with van der Waals surface area (Å²) in [5.74, 6) is -0.0830. The number of rotatable bonds is 6. The molecule has 1 unspecified atom stereocenters. The van der Waals surface area contributed by atoms with Crippen LogP contribution in [0.3, 0.4) is 0 Å². The number of carbonyl (C=O) groups is 1. The first kappa shape index (κ1) is 16.4. The maximum absolute atomic E-state index is 12.3. The Morgan fingerprint density at radius 2 is 2.42 bits per heavy atom. The Bertz CT molecular complexity index is 712. The van der Waals surface area contributed by atoms with Gasteiger partial charge in [-0.3, -0.25) is 24.2 Å². The average Bonchev–Trinajstić information content (AvgIpc) is 3.01. The molecule has 1 saturated heterocycles. The van der Waals surface area contributed by atoms with E-state index in [4.69, 9.17) is 0 Å². The largest absolute Gasteiger partial charge is 0.438 e. The van der Waals surface area contributed by atoms with E-state index in [1.165, 1.54) is 0 Å². The third kappa shape index (κ3) is 4.51. The predicted molar refractivity (Wildman–Crippen MR) is 86.1 cm³/mol. The van der Waals surface area contributed by atoms with Crippen molar-refractivity contribution in [3.8, 4) is 0 Å². The van der Waals surface area contributed by atoms with E-state index in [9.17, 15) is 9.59 Å². The van der Waals surface area contributed by atoms with Crippen LogP contribution >= 0.6 is 0 Å². The molecule has 0 spiro atoms. The van der Waals surface area contributed by atoms with E-state index >= 15 is 0 Å². The van der Waals surface area contributed by atoms with Gasteiger partial charge in [-0.2, -0.15) is 0 Å². The fourth-order valence-electron chi connectivity index (χ4n) is 2.98. The van der Waals surface area contributed by atoms with Gasteiger partial charge in [0.2, 0.25) is 5.91 Å². The second-order valence-corrected chi connectivity index (χ2v) is 6.02. The molecule has 3 heterocycles. The summed E-state index contributed by atoms with van der Waals surface area (Å²) in [6.45, 7) is 3.00. The van der Waals surface area contributed by atoms with E-state index in [2.05, 4.69) is 35.9 Å². The van der Waals surface area contributed by atoms with Gasteiger partial charge in [0, 0.05) is 38.4 Å². The number of likely N-dealkylation sites (tertiary alicyclic amines) is 1. The summed E-state index contributed by atoms with van der Waals surface area (Å²) in [4.78, 5) is 32.1. The highest BCUT2D eigenvalue weighted by atomic mass is 16.5. The quantitative estimate of drug-likeness (QED) is 0.790. The number of amides is 1. The SMILES string of the molecule is O=C(NCCc1noc(=O)[nH]1)C1CCCN(Cc2cccnc2)C1. The van der Waals surface area contributed by atoms with Gasteiger partial charge in [-0.05, 0) is 31.0 Å². The van der Waals surface area contributed by atoms with E-state index < -0.39 is 5.76 Å². The van der Waals surface area contributed by atoms with Gasteiger partial charge in [0.15, 0.2) is 5.82 Å². The van der Waals surface area contributed by atoms with Gasteiger partial charge in [0.05, 0.1) is 5.92 Å². The van der Waals surface area contributed by atoms with E-state index in [1.807, 2.05) is 12.3 Å². The number of nitrogens with one attached hydrogen (secondary N) is 2. The molecule has 0 radical (unpaired) electrons. The fraction of sp³-hybridized carbons (Fsp3) is 0.500. The molecule has 0 bridgehead atoms. The molecule has 8 nitrogen and oxygen atoms in total. The van der Waals surface area contributed by atoms with Crippen molar-refractivity contribution in [2.24, 2.45) is 5.92 Å². The highest BCUT2D eigenvalue weighted by Gasteiger charge is 2.25. The van der Waals surface area contributed by atoms with E-state index in [1.54, 1.807) is 6.20 Å². The Hall–Kier alpha value is -2.48. The first-order valence-electron chi connectivity index (χ1n) is 8.14. The van der Waals surface area contributed by atoms with Gasteiger partial charge >= 0.3 is 5.76 Å². The first-order chi connectivity index (χ1) is 11.7. The summed E-state index contributed by atoms with van der Waals surface area (Å²) in [6, 6.07) is 3.98. The minimum atomic E-state index is -0.574. The molecular weight excluding hydrogens is 310 g/mol. The first-order valence-corrected chi connectivity index (χ1v) is 8.14. The topological polar surface area (TPSA) is 104 Å². The van der Waals surface area contributed by atoms with Crippen molar-refractivity contribution < 1.29 is 9.32 Å². The summed E-state index contributed by atoms with van der Waals surface area (Å²) in [5, 5.41) is 6.49. The molecule has 0 aromatic carbocycles. The number of hydrogen-bond donors (Lipinski definition) is 2. The van der Waals surface area contributed by atoms with Gasteiger partial charge in [-0.25, -0.2) is 4.79 Å². The Morgan fingerprint density at radius 3 is 3.17 bits per heavy atom. The van der Waals surface area contributed by atoms with Crippen molar-refractivity contribution in [1.29, 1.82) is 0 Å². The average molecular weight is 331 g/mol. The zero-order valence-electron chi connectivity index (χ0n) is 13.4. The molecule has 1 amide bonds. The second kappa shape index (κ2) is 7.87. The van der Waals surface area contributed by atoms with Crippen LogP contribution in [0.5, 0.6) is 0 Å². The lowest BCUT2D eigenvalue weighted by Gasteiger charge is -2.31. The molecule has 2 aromatic heterocycles. The van der Waals surface area contributed by atoms with Gasteiger partial charge in [0.25, 0.3) is 0 Å². The van der Waals surface area contributed by atoms with Crippen LogP contribution in [0.25, 0.3) is 0 Å². The highest BCUT2D eigenvalue weighted by Crippen LogP contribution is 2.18. The molecule has 1 atom stereocenters. The molecule has 2 N–H and O–H groups in total. The third-order valence-electron chi connectivity index (χ3n) is 4.15. The van der Waals surface area contributed by atoms with Gasteiger partial charge < -0.3 is 5.32 Å². The smallest absolute Gasteiger partial charge is 0.355 e. The number of piperidine rings is 1. The number of aromatic nitrogens is 3. The number of aromatic amines is 1. The van der Waals surface area contributed by atoms with Crippen molar-refractivity contribution in [3.63, 3.8) is 0 Å². The minimum Gasteiger partial charge on any atom is -0.355 e. The van der Waals surface area contributed by atoms with Crippen LogP contribution in [0.1, 0.15) is 24.2 Å². The number of hydrogen-bond acceptors (Lipinski definition) is 6. The van der Waals surface area contributed by atoms with Gasteiger partial charge in [-0.1, -0.05) is 11.2 Å². The molecule has 0 aliphatic carbocycles. The molecule has 1 aliphatic heterocycles. The number of pyridine rings is 1. The summed E-state index contributed by atoms with van der Waals surface area (Å²) < 4.78 is 4.42. The number of carbonyl (C=O) groups excluding carboxylic acids is 1. The molecule has 128 valence electrons. The van der Waals surface area contributed by atoms with E-state index in [0.717, 1.165) is 38.0 Å². The van der Waals surface area contributed by atoms with Crippen LogP contribution in [0.2, 0.25) is 0 Å². The molecular formula is C16H21N5O3. The number of nitrogens with zero attached hydrogens (tertiary/aromatic N) is 3. The molecule has 0 saturated carbocycles. The van der Waals surface area contributed by atoms with Crippen LogP contribution in [0.4, 0.5) is 0 Å². The van der Waals surface area contributed by atoms with E-state index in [0.29, 0.717) is 18.8 Å². The Balaban J connectivity index is 1.45. The zero-order chi connectivity index (χ0) is 16.8. The van der Waals surface area contributed by atoms with Crippen LogP contribution in [-0.2, 0) is 17.8 Å². The monoisotopic (exact) mass is 331 g/mol. The summed E-state index contributed by atoms with van der Waals surface area (Å²) in [7, 11) is 0. The second-order valence-electron chi connectivity index (χ2n) is 6.02. The summed E-state index contributed by atoms with van der Waals surface area (Å²) >= 11 is 0. The van der Waals surface area contributed by atoms with Crippen molar-refractivity contribution in [3.05, 3.63) is 46.5 Å². The zero-order valence-corrected chi connectivity index (χ0v) is 13.4. The van der Waals surface area contributed by atoms with Crippen molar-refractivity contribution in [2.75, 3.05) is 19.6 Å². The third-order valence-corrected chi connectivity index (χ3v) is 4.15. The molecule has 24 heavy (non-hydrogen) atoms. The molecule has 1 aliphatic rings. The van der Waals surface area contributed by atoms with Crippen LogP contribution in [0, 0.1) is 5.92 Å². The highest BCUT2D eigenvalue weighted by molar-refractivity contribution is 5.78. The fourth-order valence-corrected chi connectivity index (χ4v) is 2.98. The Morgan fingerprint density at radius 1 is 1.50 bits per heavy atom. The molecule has 3 rings (SSSR count). The van der Waals surface area contributed by atoms with Crippen molar-refractivity contribution in [2.45, 2.75) is 25.8 Å². The summed E-state index contributed by atoms with van der Waals surface area (Å²) in [6.07, 6.45) is 5.98. The Labute approximate surface area is 139 Å². The van der Waals surface area contributed by atoms with Gasteiger partial charge in [-0.15, -0.1) is 0 Å². The molecule has 2 aromatic rings. The minimum absolute atomic E-state index is 0.00761. The maximum atomic E-state index is 12.3.